The van der Waals surface area contributed by atoms with E-state index in [-0.39, 0.29) is 24.0 Å². The second-order valence-electron chi connectivity index (χ2n) is 5.61. The quantitative estimate of drug-likeness (QED) is 0.412. The van der Waals surface area contributed by atoms with Crippen molar-refractivity contribution >= 4 is 29.9 Å². The number of hydrogen-bond donors (Lipinski definition) is 2. The maximum Gasteiger partial charge on any atom is 0.191 e. The number of halogens is 1. The van der Waals surface area contributed by atoms with Crippen LogP contribution in [0.5, 0.6) is 0 Å². The normalized spacial score (nSPS) is 10.9. The molecule has 24 heavy (non-hydrogen) atoms. The fraction of sp³-hybridized carbons (Fsp3) is 0.368. The van der Waals surface area contributed by atoms with Crippen LogP contribution in [0.15, 0.2) is 47.6 Å². The Labute approximate surface area is 162 Å². The number of benzene rings is 1. The molecule has 0 fully saturated rings. The largest absolute Gasteiger partial charge is 0.357 e. The molecule has 0 aliphatic heterocycles. The SMILES string of the molecule is CCNC(=NCc1ccccc1C)NCCc1ccc(C)nc1.I. The predicted octanol–water partition coefficient (Wildman–Crippen LogP) is 3.61. The molecule has 0 radical (unpaired) electrons. The monoisotopic (exact) mass is 438 g/mol. The van der Waals surface area contributed by atoms with Gasteiger partial charge in [-0.2, -0.15) is 0 Å². The molecule has 0 saturated heterocycles. The van der Waals surface area contributed by atoms with E-state index in [9.17, 15) is 0 Å². The van der Waals surface area contributed by atoms with Crippen LogP contribution in [-0.2, 0) is 13.0 Å². The summed E-state index contributed by atoms with van der Waals surface area (Å²) in [6.45, 7) is 8.58. The van der Waals surface area contributed by atoms with E-state index in [1.807, 2.05) is 19.2 Å². The van der Waals surface area contributed by atoms with Crippen molar-refractivity contribution in [3.63, 3.8) is 0 Å². The first-order valence-corrected chi connectivity index (χ1v) is 8.17. The van der Waals surface area contributed by atoms with Crippen molar-refractivity contribution in [1.82, 2.24) is 15.6 Å². The van der Waals surface area contributed by atoms with Gasteiger partial charge in [0.15, 0.2) is 5.96 Å². The van der Waals surface area contributed by atoms with Gasteiger partial charge >= 0.3 is 0 Å². The van der Waals surface area contributed by atoms with Crippen molar-refractivity contribution in [2.24, 2.45) is 4.99 Å². The Kier molecular flexibility index (Phi) is 9.37. The average molecular weight is 438 g/mol. The van der Waals surface area contributed by atoms with Crippen molar-refractivity contribution < 1.29 is 0 Å². The molecule has 1 heterocycles. The Balaban J connectivity index is 0.00000288. The van der Waals surface area contributed by atoms with Gasteiger partial charge in [0.2, 0.25) is 0 Å². The Morgan fingerprint density at radius 3 is 2.54 bits per heavy atom. The minimum absolute atomic E-state index is 0. The molecule has 0 aliphatic rings. The predicted molar refractivity (Wildman–Crippen MR) is 112 cm³/mol. The molecule has 0 saturated carbocycles. The van der Waals surface area contributed by atoms with E-state index in [1.54, 1.807) is 0 Å². The van der Waals surface area contributed by atoms with Gasteiger partial charge in [0.05, 0.1) is 6.54 Å². The smallest absolute Gasteiger partial charge is 0.191 e. The molecule has 0 aliphatic carbocycles. The van der Waals surface area contributed by atoms with Gasteiger partial charge in [-0.05, 0) is 49.9 Å². The lowest BCUT2D eigenvalue weighted by molar-refractivity contribution is 0.797. The molecule has 0 bridgehead atoms. The number of hydrogen-bond acceptors (Lipinski definition) is 2. The minimum atomic E-state index is 0. The third-order valence-corrected chi connectivity index (χ3v) is 3.69. The van der Waals surface area contributed by atoms with Gasteiger partial charge in [-0.1, -0.05) is 30.3 Å². The van der Waals surface area contributed by atoms with Crippen LogP contribution in [0, 0.1) is 13.8 Å². The van der Waals surface area contributed by atoms with E-state index < -0.39 is 0 Å². The molecule has 1 aromatic carbocycles. The molecule has 1 aromatic heterocycles. The highest BCUT2D eigenvalue weighted by molar-refractivity contribution is 14.0. The van der Waals surface area contributed by atoms with Crippen LogP contribution >= 0.6 is 24.0 Å². The molecule has 0 spiro atoms. The summed E-state index contributed by atoms with van der Waals surface area (Å²) in [5.74, 6) is 0.857. The van der Waals surface area contributed by atoms with Gasteiger partial charge in [-0.25, -0.2) is 4.99 Å². The fourth-order valence-corrected chi connectivity index (χ4v) is 2.27. The van der Waals surface area contributed by atoms with Gasteiger partial charge < -0.3 is 10.6 Å². The lowest BCUT2D eigenvalue weighted by Crippen LogP contribution is -2.38. The highest BCUT2D eigenvalue weighted by atomic mass is 127. The zero-order chi connectivity index (χ0) is 16.5. The molecule has 5 heteroatoms. The van der Waals surface area contributed by atoms with Crippen molar-refractivity contribution in [2.75, 3.05) is 13.1 Å². The van der Waals surface area contributed by atoms with Crippen LogP contribution in [-0.4, -0.2) is 24.0 Å². The second kappa shape index (κ2) is 11.0. The molecule has 2 N–H and O–H groups in total. The number of nitrogens with zero attached hydrogens (tertiary/aromatic N) is 2. The number of rotatable bonds is 6. The summed E-state index contributed by atoms with van der Waals surface area (Å²) in [5, 5.41) is 6.68. The Bertz CT molecular complexity index is 638. The Hall–Kier alpha value is -1.63. The summed E-state index contributed by atoms with van der Waals surface area (Å²) >= 11 is 0. The highest BCUT2D eigenvalue weighted by Gasteiger charge is 2.00. The third-order valence-electron chi connectivity index (χ3n) is 3.69. The van der Waals surface area contributed by atoms with E-state index in [4.69, 9.17) is 0 Å². The van der Waals surface area contributed by atoms with E-state index >= 15 is 0 Å². The van der Waals surface area contributed by atoms with Crippen molar-refractivity contribution in [1.29, 1.82) is 0 Å². The highest BCUT2D eigenvalue weighted by Crippen LogP contribution is 2.07. The minimum Gasteiger partial charge on any atom is -0.357 e. The summed E-state index contributed by atoms with van der Waals surface area (Å²) in [7, 11) is 0. The van der Waals surface area contributed by atoms with Gasteiger partial charge in [0, 0.05) is 25.0 Å². The molecule has 2 aromatic rings. The first kappa shape index (κ1) is 20.4. The second-order valence-corrected chi connectivity index (χ2v) is 5.61. The topological polar surface area (TPSA) is 49.3 Å². The summed E-state index contributed by atoms with van der Waals surface area (Å²) in [5.41, 5.74) is 4.82. The van der Waals surface area contributed by atoms with Crippen molar-refractivity contribution in [3.8, 4) is 0 Å². The van der Waals surface area contributed by atoms with Crippen LogP contribution in [0.4, 0.5) is 0 Å². The maximum absolute atomic E-state index is 4.67. The molecule has 2 rings (SSSR count). The summed E-state index contributed by atoms with van der Waals surface area (Å²) < 4.78 is 0. The van der Waals surface area contributed by atoms with E-state index in [2.05, 4.69) is 64.8 Å². The van der Waals surface area contributed by atoms with Gasteiger partial charge in [-0.15, -0.1) is 24.0 Å². The number of guanidine groups is 1. The Morgan fingerprint density at radius 1 is 1.08 bits per heavy atom. The van der Waals surface area contributed by atoms with Crippen LogP contribution in [0.25, 0.3) is 0 Å². The number of aryl methyl sites for hydroxylation is 2. The molecule has 130 valence electrons. The summed E-state index contributed by atoms with van der Waals surface area (Å²) in [6, 6.07) is 12.5. The number of aliphatic imine (C=N–C) groups is 1. The van der Waals surface area contributed by atoms with Crippen LogP contribution < -0.4 is 10.6 Å². The lowest BCUT2D eigenvalue weighted by Gasteiger charge is -2.12. The summed E-state index contributed by atoms with van der Waals surface area (Å²) in [6.07, 6.45) is 2.87. The molecule has 0 atom stereocenters. The van der Waals surface area contributed by atoms with E-state index in [1.165, 1.54) is 16.7 Å². The lowest BCUT2D eigenvalue weighted by atomic mass is 10.1. The standard InChI is InChI=1S/C19H26N4.HI/c1-4-20-19(23-14-18-8-6-5-7-15(18)2)21-12-11-17-10-9-16(3)22-13-17;/h5-10,13H,4,11-12,14H2,1-3H3,(H2,20,21,23);1H. The molecule has 4 nitrogen and oxygen atoms in total. The maximum atomic E-state index is 4.67. The van der Waals surface area contributed by atoms with E-state index in [0.29, 0.717) is 6.54 Å². The molecule has 0 unspecified atom stereocenters. The molecular weight excluding hydrogens is 411 g/mol. The van der Waals surface area contributed by atoms with Crippen LogP contribution in [0.1, 0.15) is 29.3 Å². The Morgan fingerprint density at radius 2 is 1.88 bits per heavy atom. The van der Waals surface area contributed by atoms with E-state index in [0.717, 1.165) is 31.2 Å². The van der Waals surface area contributed by atoms with Crippen LogP contribution in [0.2, 0.25) is 0 Å². The first-order chi connectivity index (χ1) is 11.2. The molecular formula is C19H27IN4. The number of pyridine rings is 1. The average Bonchev–Trinajstić information content (AvgIpc) is 2.56. The van der Waals surface area contributed by atoms with Crippen molar-refractivity contribution in [3.05, 3.63) is 65.0 Å². The first-order valence-electron chi connectivity index (χ1n) is 8.17. The van der Waals surface area contributed by atoms with Gasteiger partial charge in [0.1, 0.15) is 0 Å². The molecule has 0 amide bonds. The zero-order valence-electron chi connectivity index (χ0n) is 14.7. The van der Waals surface area contributed by atoms with Gasteiger partial charge in [0.25, 0.3) is 0 Å². The van der Waals surface area contributed by atoms with Gasteiger partial charge in [-0.3, -0.25) is 4.98 Å². The summed E-state index contributed by atoms with van der Waals surface area (Å²) in [4.78, 5) is 8.99. The van der Waals surface area contributed by atoms with Crippen molar-refractivity contribution in [2.45, 2.75) is 33.7 Å². The number of aromatic nitrogens is 1. The fourth-order valence-electron chi connectivity index (χ4n) is 2.27. The third kappa shape index (κ3) is 6.86. The number of nitrogens with one attached hydrogen (secondary N) is 2. The van der Waals surface area contributed by atoms with Crippen LogP contribution in [0.3, 0.4) is 0 Å². The zero-order valence-corrected chi connectivity index (χ0v) is 17.0.